The van der Waals surface area contributed by atoms with Gasteiger partial charge in [0, 0.05) is 5.71 Å². The van der Waals surface area contributed by atoms with Gasteiger partial charge in [0.25, 0.3) is 0 Å². The van der Waals surface area contributed by atoms with Crippen molar-refractivity contribution in [3.8, 4) is 0 Å². The topological polar surface area (TPSA) is 40.9 Å². The molecule has 1 saturated carbocycles. The first-order valence-electron chi connectivity index (χ1n) is 4.49. The quantitative estimate of drug-likeness (QED) is 0.495. The summed E-state index contributed by atoms with van der Waals surface area (Å²) in [7, 11) is 0. The molecule has 1 atom stereocenters. The molecule has 0 aromatic carbocycles. The standard InChI is InChI=1S/C10H15NO/c1-2-10(12)8-6-4-3-5-7-9(8)11/h2,8,11H,1,3-7H2. The number of ketones is 1. The number of allylic oxidation sites excluding steroid dienone is 1. The van der Waals surface area contributed by atoms with Gasteiger partial charge in [-0.15, -0.1) is 0 Å². The summed E-state index contributed by atoms with van der Waals surface area (Å²) in [5, 5.41) is 7.65. The van der Waals surface area contributed by atoms with Crippen molar-refractivity contribution in [2.24, 2.45) is 5.92 Å². The minimum Gasteiger partial charge on any atom is -0.309 e. The number of hydrogen-bond acceptors (Lipinski definition) is 2. The van der Waals surface area contributed by atoms with E-state index < -0.39 is 0 Å². The molecule has 0 aromatic heterocycles. The molecule has 0 saturated heterocycles. The van der Waals surface area contributed by atoms with Gasteiger partial charge in [0.1, 0.15) is 0 Å². The molecule has 2 heteroatoms. The predicted molar refractivity (Wildman–Crippen MR) is 49.5 cm³/mol. The van der Waals surface area contributed by atoms with Gasteiger partial charge in [-0.05, 0) is 25.3 Å². The highest BCUT2D eigenvalue weighted by Gasteiger charge is 2.22. The van der Waals surface area contributed by atoms with Crippen molar-refractivity contribution < 1.29 is 4.79 Å². The highest BCUT2D eigenvalue weighted by molar-refractivity contribution is 6.08. The second-order valence-electron chi connectivity index (χ2n) is 3.28. The summed E-state index contributed by atoms with van der Waals surface area (Å²) in [5.41, 5.74) is 0.609. The molecule has 1 aliphatic rings. The third-order valence-electron chi connectivity index (χ3n) is 2.40. The fourth-order valence-electron chi connectivity index (χ4n) is 1.65. The zero-order chi connectivity index (χ0) is 8.97. The van der Waals surface area contributed by atoms with Crippen LogP contribution in [0.25, 0.3) is 0 Å². The van der Waals surface area contributed by atoms with Gasteiger partial charge in [-0.1, -0.05) is 19.4 Å². The lowest BCUT2D eigenvalue weighted by Gasteiger charge is -2.10. The van der Waals surface area contributed by atoms with Crippen LogP contribution >= 0.6 is 0 Å². The molecule has 0 amide bonds. The van der Waals surface area contributed by atoms with Gasteiger partial charge in [-0.25, -0.2) is 0 Å². The summed E-state index contributed by atoms with van der Waals surface area (Å²) in [6, 6.07) is 0. The van der Waals surface area contributed by atoms with Crippen LogP contribution in [0.5, 0.6) is 0 Å². The van der Waals surface area contributed by atoms with Crippen LogP contribution in [0.4, 0.5) is 0 Å². The molecule has 1 fully saturated rings. The van der Waals surface area contributed by atoms with Crippen LogP contribution < -0.4 is 0 Å². The fourth-order valence-corrected chi connectivity index (χ4v) is 1.65. The zero-order valence-electron chi connectivity index (χ0n) is 7.31. The van der Waals surface area contributed by atoms with Gasteiger partial charge in [0.15, 0.2) is 5.78 Å². The van der Waals surface area contributed by atoms with Crippen molar-refractivity contribution >= 4 is 11.5 Å². The number of nitrogens with one attached hydrogen (secondary N) is 1. The lowest BCUT2D eigenvalue weighted by atomic mass is 9.94. The minimum absolute atomic E-state index is 0.0295. The van der Waals surface area contributed by atoms with Crippen molar-refractivity contribution in [3.63, 3.8) is 0 Å². The lowest BCUT2D eigenvalue weighted by molar-refractivity contribution is -0.116. The monoisotopic (exact) mass is 165 g/mol. The van der Waals surface area contributed by atoms with Crippen molar-refractivity contribution in [2.75, 3.05) is 0 Å². The molecular formula is C10H15NO. The molecule has 1 rings (SSSR count). The molecule has 0 heterocycles. The van der Waals surface area contributed by atoms with E-state index in [9.17, 15) is 4.79 Å². The molecule has 12 heavy (non-hydrogen) atoms. The normalized spacial score (nSPS) is 24.7. The van der Waals surface area contributed by atoms with Crippen molar-refractivity contribution in [1.29, 1.82) is 5.41 Å². The highest BCUT2D eigenvalue weighted by atomic mass is 16.1. The maximum atomic E-state index is 11.3. The highest BCUT2D eigenvalue weighted by Crippen LogP contribution is 2.21. The van der Waals surface area contributed by atoms with Crippen LogP contribution in [0.1, 0.15) is 32.1 Å². The second kappa shape index (κ2) is 4.19. The van der Waals surface area contributed by atoms with Gasteiger partial charge >= 0.3 is 0 Å². The van der Waals surface area contributed by atoms with Gasteiger partial charge in [-0.3, -0.25) is 4.79 Å². The van der Waals surface area contributed by atoms with E-state index in [1.54, 1.807) is 0 Å². The average molecular weight is 165 g/mol. The van der Waals surface area contributed by atoms with E-state index in [0.717, 1.165) is 32.1 Å². The third-order valence-corrected chi connectivity index (χ3v) is 2.40. The number of rotatable bonds is 2. The summed E-state index contributed by atoms with van der Waals surface area (Å²) in [5.74, 6) is -0.119. The molecule has 0 bridgehead atoms. The number of carbonyl (C=O) groups is 1. The van der Waals surface area contributed by atoms with Crippen LogP contribution in [-0.4, -0.2) is 11.5 Å². The summed E-state index contributed by atoms with van der Waals surface area (Å²) in [6.07, 6.45) is 6.30. The van der Waals surface area contributed by atoms with Gasteiger partial charge in [0.2, 0.25) is 0 Å². The minimum atomic E-state index is -0.148. The Morgan fingerprint density at radius 1 is 1.50 bits per heavy atom. The van der Waals surface area contributed by atoms with E-state index >= 15 is 0 Å². The van der Waals surface area contributed by atoms with E-state index in [4.69, 9.17) is 5.41 Å². The van der Waals surface area contributed by atoms with Gasteiger partial charge in [0.05, 0.1) is 5.92 Å². The Hall–Kier alpha value is -0.920. The maximum absolute atomic E-state index is 11.3. The Morgan fingerprint density at radius 3 is 2.92 bits per heavy atom. The molecule has 0 aliphatic heterocycles. The predicted octanol–water partition coefficient (Wildman–Crippen LogP) is 2.34. The third kappa shape index (κ3) is 2.03. The van der Waals surface area contributed by atoms with Crippen LogP contribution in [0.2, 0.25) is 0 Å². The Bertz CT molecular complexity index is 208. The van der Waals surface area contributed by atoms with Crippen molar-refractivity contribution in [3.05, 3.63) is 12.7 Å². The van der Waals surface area contributed by atoms with E-state index in [1.165, 1.54) is 6.08 Å². The lowest BCUT2D eigenvalue weighted by Crippen LogP contribution is -2.20. The molecule has 66 valence electrons. The molecule has 0 radical (unpaired) electrons. The Labute approximate surface area is 73.2 Å². The zero-order valence-corrected chi connectivity index (χ0v) is 7.31. The largest absolute Gasteiger partial charge is 0.309 e. The fraction of sp³-hybridized carbons (Fsp3) is 0.600. The van der Waals surface area contributed by atoms with Crippen molar-refractivity contribution in [2.45, 2.75) is 32.1 Å². The molecule has 1 N–H and O–H groups in total. The smallest absolute Gasteiger partial charge is 0.163 e. The van der Waals surface area contributed by atoms with E-state index in [0.29, 0.717) is 5.71 Å². The molecule has 1 aliphatic carbocycles. The summed E-state index contributed by atoms with van der Waals surface area (Å²) in [4.78, 5) is 11.3. The number of carbonyl (C=O) groups excluding carboxylic acids is 1. The Kier molecular flexibility index (Phi) is 3.20. The second-order valence-corrected chi connectivity index (χ2v) is 3.28. The molecule has 1 unspecified atom stereocenters. The van der Waals surface area contributed by atoms with Crippen LogP contribution in [0.3, 0.4) is 0 Å². The first kappa shape index (κ1) is 9.17. The molecule has 2 nitrogen and oxygen atoms in total. The summed E-state index contributed by atoms with van der Waals surface area (Å²) < 4.78 is 0. The molecular weight excluding hydrogens is 150 g/mol. The van der Waals surface area contributed by atoms with Gasteiger partial charge < -0.3 is 5.41 Å². The van der Waals surface area contributed by atoms with Crippen LogP contribution in [0, 0.1) is 11.3 Å². The van der Waals surface area contributed by atoms with Gasteiger partial charge in [-0.2, -0.15) is 0 Å². The van der Waals surface area contributed by atoms with Crippen molar-refractivity contribution in [1.82, 2.24) is 0 Å². The van der Waals surface area contributed by atoms with Crippen LogP contribution in [-0.2, 0) is 4.79 Å². The Balaban J connectivity index is 2.65. The van der Waals surface area contributed by atoms with E-state index in [-0.39, 0.29) is 11.7 Å². The average Bonchev–Trinajstić information content (AvgIpc) is 2.28. The van der Waals surface area contributed by atoms with E-state index in [1.807, 2.05) is 0 Å². The summed E-state index contributed by atoms with van der Waals surface area (Å²) >= 11 is 0. The Morgan fingerprint density at radius 2 is 2.25 bits per heavy atom. The first-order valence-corrected chi connectivity index (χ1v) is 4.49. The maximum Gasteiger partial charge on any atom is 0.163 e. The molecule has 0 spiro atoms. The number of hydrogen-bond donors (Lipinski definition) is 1. The van der Waals surface area contributed by atoms with E-state index in [2.05, 4.69) is 6.58 Å². The van der Waals surface area contributed by atoms with Crippen LogP contribution in [0.15, 0.2) is 12.7 Å². The first-order chi connectivity index (χ1) is 5.75. The SMILES string of the molecule is C=CC(=O)C1CCCCCC1=N. The summed E-state index contributed by atoms with van der Waals surface area (Å²) in [6.45, 7) is 3.45. The molecule has 0 aromatic rings.